The molecular weight excluding hydrogens is 252 g/mol. The van der Waals surface area contributed by atoms with Gasteiger partial charge in [-0.1, -0.05) is 12.8 Å². The van der Waals surface area contributed by atoms with Gasteiger partial charge in [0.15, 0.2) is 0 Å². The number of rotatable bonds is 4. The third kappa shape index (κ3) is 3.35. The number of aliphatic hydroxyl groups excluding tert-OH is 1. The maximum absolute atomic E-state index is 10.4. The van der Waals surface area contributed by atoms with Gasteiger partial charge in [0.05, 0.1) is 19.3 Å². The van der Waals surface area contributed by atoms with Crippen LogP contribution in [0.25, 0.3) is 0 Å². The van der Waals surface area contributed by atoms with E-state index in [0.717, 1.165) is 51.4 Å². The zero-order chi connectivity index (χ0) is 13.9. The normalized spacial score (nSPS) is 37.8. The third-order valence-electron chi connectivity index (χ3n) is 5.50. The highest BCUT2D eigenvalue weighted by Crippen LogP contribution is 2.39. The molecule has 0 aromatic heterocycles. The minimum Gasteiger partial charge on any atom is -0.390 e. The SMILES string of the molecule is C[C@@H]1C[C@H]2CCCC[C@@H]2N1C[C@H](O)CN1CCOCC1. The molecule has 2 saturated heterocycles. The third-order valence-corrected chi connectivity index (χ3v) is 5.50. The summed E-state index contributed by atoms with van der Waals surface area (Å²) in [6.07, 6.45) is 6.68. The van der Waals surface area contributed by atoms with Crippen LogP contribution in [0.1, 0.15) is 39.0 Å². The maximum atomic E-state index is 10.4. The van der Waals surface area contributed by atoms with Gasteiger partial charge in [-0.2, -0.15) is 0 Å². The lowest BCUT2D eigenvalue weighted by Crippen LogP contribution is -2.47. The van der Waals surface area contributed by atoms with Crippen LogP contribution in [0, 0.1) is 5.92 Å². The Morgan fingerprint density at radius 2 is 1.90 bits per heavy atom. The van der Waals surface area contributed by atoms with Crippen LogP contribution in [0.15, 0.2) is 0 Å². The second-order valence-corrected chi connectivity index (χ2v) is 6.96. The molecule has 0 bridgehead atoms. The van der Waals surface area contributed by atoms with Crippen LogP contribution in [0.3, 0.4) is 0 Å². The Balaban J connectivity index is 1.50. The molecule has 1 saturated carbocycles. The van der Waals surface area contributed by atoms with E-state index in [1.165, 1.54) is 32.1 Å². The van der Waals surface area contributed by atoms with Crippen molar-refractivity contribution in [3.8, 4) is 0 Å². The zero-order valence-electron chi connectivity index (χ0n) is 12.8. The van der Waals surface area contributed by atoms with E-state index in [1.54, 1.807) is 0 Å². The average Bonchev–Trinajstić information content (AvgIpc) is 2.76. The van der Waals surface area contributed by atoms with E-state index in [9.17, 15) is 5.11 Å². The zero-order valence-corrected chi connectivity index (χ0v) is 12.8. The van der Waals surface area contributed by atoms with E-state index < -0.39 is 0 Å². The maximum Gasteiger partial charge on any atom is 0.0794 e. The highest BCUT2D eigenvalue weighted by molar-refractivity contribution is 4.95. The van der Waals surface area contributed by atoms with Crippen molar-refractivity contribution in [1.29, 1.82) is 0 Å². The fraction of sp³-hybridized carbons (Fsp3) is 1.00. The molecule has 1 aliphatic carbocycles. The summed E-state index contributed by atoms with van der Waals surface area (Å²) in [5.74, 6) is 0.898. The minimum atomic E-state index is -0.212. The average molecular weight is 282 g/mol. The van der Waals surface area contributed by atoms with E-state index in [1.807, 2.05) is 0 Å². The van der Waals surface area contributed by atoms with Gasteiger partial charge >= 0.3 is 0 Å². The molecule has 3 fully saturated rings. The Kier molecular flexibility index (Phi) is 4.97. The molecule has 0 aromatic carbocycles. The van der Waals surface area contributed by atoms with E-state index in [-0.39, 0.29) is 6.10 Å². The van der Waals surface area contributed by atoms with E-state index >= 15 is 0 Å². The number of aliphatic hydroxyl groups is 1. The molecule has 0 aromatic rings. The monoisotopic (exact) mass is 282 g/mol. The molecule has 4 nitrogen and oxygen atoms in total. The number of β-amino-alcohol motifs (C(OH)–C–C–N with tert-alkyl or cyclic N) is 1. The lowest BCUT2D eigenvalue weighted by molar-refractivity contribution is 0.000707. The standard InChI is InChI=1S/C16H30N2O2/c1-13-10-14-4-2-3-5-16(14)18(13)12-15(19)11-17-6-8-20-9-7-17/h13-16,19H,2-12H2,1H3/t13-,14-,15-,16+/m1/s1. The molecule has 2 heterocycles. The van der Waals surface area contributed by atoms with Gasteiger partial charge in [-0.05, 0) is 32.1 Å². The molecule has 3 aliphatic rings. The number of morpholine rings is 1. The Bertz CT molecular complexity index is 307. The van der Waals surface area contributed by atoms with Crippen LogP contribution >= 0.6 is 0 Å². The molecule has 20 heavy (non-hydrogen) atoms. The number of fused-ring (bicyclic) bond motifs is 1. The number of hydrogen-bond acceptors (Lipinski definition) is 4. The summed E-state index contributed by atoms with van der Waals surface area (Å²) >= 11 is 0. The van der Waals surface area contributed by atoms with Crippen molar-refractivity contribution in [2.75, 3.05) is 39.4 Å². The van der Waals surface area contributed by atoms with Gasteiger partial charge in [-0.3, -0.25) is 9.80 Å². The van der Waals surface area contributed by atoms with Gasteiger partial charge in [0.2, 0.25) is 0 Å². The predicted octanol–water partition coefficient (Wildman–Crippen LogP) is 1.33. The van der Waals surface area contributed by atoms with Crippen LogP contribution in [-0.4, -0.2) is 72.5 Å². The molecule has 4 atom stereocenters. The van der Waals surface area contributed by atoms with Crippen LogP contribution in [0.5, 0.6) is 0 Å². The van der Waals surface area contributed by atoms with Crippen molar-refractivity contribution >= 4 is 0 Å². The summed E-state index contributed by atoms with van der Waals surface area (Å²) in [6, 6.07) is 1.40. The molecule has 0 radical (unpaired) electrons. The van der Waals surface area contributed by atoms with Gasteiger partial charge in [-0.25, -0.2) is 0 Å². The van der Waals surface area contributed by atoms with Gasteiger partial charge in [0.1, 0.15) is 0 Å². The van der Waals surface area contributed by atoms with Gasteiger partial charge in [0.25, 0.3) is 0 Å². The van der Waals surface area contributed by atoms with Crippen molar-refractivity contribution in [1.82, 2.24) is 9.80 Å². The number of nitrogens with zero attached hydrogens (tertiary/aromatic N) is 2. The van der Waals surface area contributed by atoms with E-state index in [4.69, 9.17) is 4.74 Å². The smallest absolute Gasteiger partial charge is 0.0794 e. The van der Waals surface area contributed by atoms with Crippen LogP contribution in [-0.2, 0) is 4.74 Å². The van der Waals surface area contributed by atoms with Gasteiger partial charge < -0.3 is 9.84 Å². The number of likely N-dealkylation sites (tertiary alicyclic amines) is 1. The van der Waals surface area contributed by atoms with Gasteiger partial charge in [-0.15, -0.1) is 0 Å². The summed E-state index contributed by atoms with van der Waals surface area (Å²) in [5.41, 5.74) is 0. The van der Waals surface area contributed by atoms with Crippen molar-refractivity contribution in [2.24, 2.45) is 5.92 Å². The summed E-state index contributed by atoms with van der Waals surface area (Å²) in [6.45, 7) is 7.59. The number of ether oxygens (including phenoxy) is 1. The first-order valence-corrected chi connectivity index (χ1v) is 8.48. The quantitative estimate of drug-likeness (QED) is 0.844. The molecule has 0 unspecified atom stereocenters. The fourth-order valence-corrected chi connectivity index (χ4v) is 4.50. The second kappa shape index (κ2) is 6.73. The van der Waals surface area contributed by atoms with Crippen LogP contribution in [0.2, 0.25) is 0 Å². The second-order valence-electron chi connectivity index (χ2n) is 6.96. The van der Waals surface area contributed by atoms with E-state index in [0.29, 0.717) is 6.04 Å². The topological polar surface area (TPSA) is 35.9 Å². The molecule has 116 valence electrons. The van der Waals surface area contributed by atoms with Gasteiger partial charge in [0, 0.05) is 38.3 Å². The van der Waals surface area contributed by atoms with Crippen molar-refractivity contribution in [2.45, 2.75) is 57.2 Å². The Labute approximate surface area is 123 Å². The van der Waals surface area contributed by atoms with Crippen LogP contribution < -0.4 is 0 Å². The fourth-order valence-electron chi connectivity index (χ4n) is 4.50. The van der Waals surface area contributed by atoms with Crippen LogP contribution in [0.4, 0.5) is 0 Å². The number of hydrogen-bond donors (Lipinski definition) is 1. The summed E-state index contributed by atoms with van der Waals surface area (Å²) in [4.78, 5) is 4.95. The van der Waals surface area contributed by atoms with Crippen molar-refractivity contribution < 1.29 is 9.84 Å². The summed E-state index contributed by atoms with van der Waals surface area (Å²) in [7, 11) is 0. The first kappa shape index (κ1) is 14.8. The lowest BCUT2D eigenvalue weighted by atomic mass is 9.85. The Hall–Kier alpha value is -0.160. The molecular formula is C16H30N2O2. The molecule has 0 amide bonds. The lowest BCUT2D eigenvalue weighted by Gasteiger charge is -2.36. The minimum absolute atomic E-state index is 0.212. The molecule has 2 aliphatic heterocycles. The molecule has 0 spiro atoms. The summed E-state index contributed by atoms with van der Waals surface area (Å²) < 4.78 is 5.37. The predicted molar refractivity (Wildman–Crippen MR) is 79.8 cm³/mol. The first-order valence-electron chi connectivity index (χ1n) is 8.48. The Morgan fingerprint density at radius 3 is 2.70 bits per heavy atom. The highest BCUT2D eigenvalue weighted by Gasteiger charge is 2.40. The summed E-state index contributed by atoms with van der Waals surface area (Å²) in [5, 5.41) is 10.4. The van der Waals surface area contributed by atoms with E-state index in [2.05, 4.69) is 16.7 Å². The first-order chi connectivity index (χ1) is 9.74. The molecule has 3 rings (SSSR count). The van der Waals surface area contributed by atoms with Crippen molar-refractivity contribution in [3.63, 3.8) is 0 Å². The highest BCUT2D eigenvalue weighted by atomic mass is 16.5. The molecule has 4 heteroatoms. The van der Waals surface area contributed by atoms with Crippen molar-refractivity contribution in [3.05, 3.63) is 0 Å². The Morgan fingerprint density at radius 1 is 1.15 bits per heavy atom. The molecule has 1 N–H and O–H groups in total. The largest absolute Gasteiger partial charge is 0.390 e.